The molecule has 1 aromatic carbocycles. The Labute approximate surface area is 142 Å². The van der Waals surface area contributed by atoms with Crippen LogP contribution in [0.25, 0.3) is 10.9 Å². The standard InChI is InChI=1S/C19H25N3O2/c1-12(11-17(23)20-2)22(3)19(24)15-9-6-8-14-13-7-4-5-10-16(13)21-18(14)15/h6,8-9,12,21H,4-5,7,10-11H2,1-3H3,(H,20,23). The number of nitrogens with zero attached hydrogens (tertiary/aromatic N) is 1. The molecule has 1 aromatic heterocycles. The number of H-pyrrole nitrogens is 1. The van der Waals surface area contributed by atoms with Crippen LogP contribution < -0.4 is 5.32 Å². The quantitative estimate of drug-likeness (QED) is 0.907. The predicted molar refractivity (Wildman–Crippen MR) is 95.2 cm³/mol. The first-order valence-corrected chi connectivity index (χ1v) is 8.63. The summed E-state index contributed by atoms with van der Waals surface area (Å²) in [6.07, 6.45) is 4.85. The summed E-state index contributed by atoms with van der Waals surface area (Å²) in [5.74, 6) is -0.105. The second-order valence-electron chi connectivity index (χ2n) is 6.66. The van der Waals surface area contributed by atoms with Crippen LogP contribution >= 0.6 is 0 Å². The minimum absolute atomic E-state index is 0.0457. The molecule has 2 N–H and O–H groups in total. The van der Waals surface area contributed by atoms with Gasteiger partial charge in [-0.2, -0.15) is 0 Å². The number of carbonyl (C=O) groups excluding carboxylic acids is 2. The van der Waals surface area contributed by atoms with E-state index >= 15 is 0 Å². The molecule has 1 heterocycles. The van der Waals surface area contributed by atoms with E-state index in [1.54, 1.807) is 19.0 Å². The third kappa shape index (κ3) is 2.90. The Morgan fingerprint density at radius 3 is 2.79 bits per heavy atom. The van der Waals surface area contributed by atoms with Gasteiger partial charge in [0.05, 0.1) is 11.1 Å². The number of carbonyl (C=O) groups is 2. The molecule has 5 nitrogen and oxygen atoms in total. The van der Waals surface area contributed by atoms with Crippen molar-refractivity contribution < 1.29 is 9.59 Å². The molecule has 1 aliphatic carbocycles. The zero-order chi connectivity index (χ0) is 17.3. The van der Waals surface area contributed by atoms with E-state index in [-0.39, 0.29) is 17.9 Å². The van der Waals surface area contributed by atoms with E-state index < -0.39 is 0 Å². The molecular formula is C19H25N3O2. The number of aromatic nitrogens is 1. The van der Waals surface area contributed by atoms with Gasteiger partial charge in [-0.15, -0.1) is 0 Å². The molecule has 2 amide bonds. The van der Waals surface area contributed by atoms with Gasteiger partial charge in [-0.25, -0.2) is 0 Å². The summed E-state index contributed by atoms with van der Waals surface area (Å²) in [6, 6.07) is 5.77. The highest BCUT2D eigenvalue weighted by atomic mass is 16.2. The molecule has 0 radical (unpaired) electrons. The van der Waals surface area contributed by atoms with Gasteiger partial charge in [-0.1, -0.05) is 12.1 Å². The summed E-state index contributed by atoms with van der Waals surface area (Å²) in [7, 11) is 3.37. The van der Waals surface area contributed by atoms with Crippen LogP contribution in [-0.4, -0.2) is 41.8 Å². The van der Waals surface area contributed by atoms with E-state index in [9.17, 15) is 9.59 Å². The number of aryl methyl sites for hydroxylation is 2. The second-order valence-corrected chi connectivity index (χ2v) is 6.66. The maximum atomic E-state index is 13.0. The van der Waals surface area contributed by atoms with Gasteiger partial charge in [-0.05, 0) is 44.2 Å². The molecule has 0 aliphatic heterocycles. The first-order valence-electron chi connectivity index (χ1n) is 8.63. The number of rotatable bonds is 4. The van der Waals surface area contributed by atoms with Gasteiger partial charge in [0.1, 0.15) is 0 Å². The predicted octanol–water partition coefficient (Wildman–Crippen LogP) is 2.64. The van der Waals surface area contributed by atoms with Crippen LogP contribution in [0.2, 0.25) is 0 Å². The van der Waals surface area contributed by atoms with Crippen molar-refractivity contribution in [1.29, 1.82) is 0 Å². The molecule has 2 aromatic rings. The lowest BCUT2D eigenvalue weighted by Crippen LogP contribution is -2.38. The molecule has 0 spiro atoms. The molecule has 24 heavy (non-hydrogen) atoms. The van der Waals surface area contributed by atoms with Crippen LogP contribution in [0, 0.1) is 0 Å². The van der Waals surface area contributed by atoms with E-state index in [1.807, 2.05) is 19.1 Å². The Bertz CT molecular complexity index is 778. The lowest BCUT2D eigenvalue weighted by Gasteiger charge is -2.24. The van der Waals surface area contributed by atoms with Crippen molar-refractivity contribution in [2.24, 2.45) is 0 Å². The van der Waals surface area contributed by atoms with Crippen LogP contribution in [-0.2, 0) is 17.6 Å². The smallest absolute Gasteiger partial charge is 0.255 e. The number of para-hydroxylation sites is 1. The first kappa shape index (κ1) is 16.6. The van der Waals surface area contributed by atoms with E-state index in [0.29, 0.717) is 12.0 Å². The van der Waals surface area contributed by atoms with Gasteiger partial charge in [0.15, 0.2) is 0 Å². The average molecular weight is 327 g/mol. The minimum atomic E-state index is -0.155. The van der Waals surface area contributed by atoms with Crippen molar-refractivity contribution in [3.05, 3.63) is 35.0 Å². The molecule has 3 rings (SSSR count). The third-order valence-electron chi connectivity index (χ3n) is 5.10. The fraction of sp³-hybridized carbons (Fsp3) is 0.474. The van der Waals surface area contributed by atoms with Crippen molar-refractivity contribution in [3.63, 3.8) is 0 Å². The normalized spacial score (nSPS) is 15.0. The van der Waals surface area contributed by atoms with Gasteiger partial charge < -0.3 is 15.2 Å². The summed E-state index contributed by atoms with van der Waals surface area (Å²) < 4.78 is 0. The van der Waals surface area contributed by atoms with Gasteiger partial charge in [-0.3, -0.25) is 9.59 Å². The van der Waals surface area contributed by atoms with Crippen molar-refractivity contribution in [1.82, 2.24) is 15.2 Å². The fourth-order valence-electron chi connectivity index (χ4n) is 3.51. The van der Waals surface area contributed by atoms with Crippen molar-refractivity contribution >= 4 is 22.7 Å². The zero-order valence-corrected chi connectivity index (χ0v) is 14.6. The van der Waals surface area contributed by atoms with E-state index in [1.165, 1.54) is 29.5 Å². The maximum Gasteiger partial charge on any atom is 0.255 e. The number of benzene rings is 1. The maximum absolute atomic E-state index is 13.0. The molecule has 5 heteroatoms. The Balaban J connectivity index is 1.92. The highest BCUT2D eigenvalue weighted by Gasteiger charge is 2.24. The highest BCUT2D eigenvalue weighted by molar-refractivity contribution is 6.07. The topological polar surface area (TPSA) is 65.2 Å². The largest absolute Gasteiger partial charge is 0.359 e. The summed E-state index contributed by atoms with van der Waals surface area (Å²) in [5, 5.41) is 3.78. The van der Waals surface area contributed by atoms with E-state index in [0.717, 1.165) is 18.4 Å². The third-order valence-corrected chi connectivity index (χ3v) is 5.10. The minimum Gasteiger partial charge on any atom is -0.359 e. The molecule has 0 bridgehead atoms. The summed E-state index contributed by atoms with van der Waals surface area (Å²) in [5.41, 5.74) is 4.27. The zero-order valence-electron chi connectivity index (χ0n) is 14.6. The highest BCUT2D eigenvalue weighted by Crippen LogP contribution is 2.31. The molecule has 0 saturated carbocycles. The Morgan fingerprint density at radius 1 is 1.29 bits per heavy atom. The molecular weight excluding hydrogens is 302 g/mol. The average Bonchev–Trinajstić information content (AvgIpc) is 2.98. The number of fused-ring (bicyclic) bond motifs is 3. The molecule has 1 atom stereocenters. The van der Waals surface area contributed by atoms with Crippen LogP contribution in [0.4, 0.5) is 0 Å². The lowest BCUT2D eigenvalue weighted by molar-refractivity contribution is -0.121. The summed E-state index contributed by atoms with van der Waals surface area (Å²) >= 11 is 0. The summed E-state index contributed by atoms with van der Waals surface area (Å²) in [6.45, 7) is 1.90. The van der Waals surface area contributed by atoms with Gasteiger partial charge in [0.25, 0.3) is 5.91 Å². The molecule has 0 fully saturated rings. The van der Waals surface area contributed by atoms with E-state index in [2.05, 4.69) is 16.4 Å². The van der Waals surface area contributed by atoms with Gasteiger partial charge >= 0.3 is 0 Å². The van der Waals surface area contributed by atoms with Crippen LogP contribution in [0.3, 0.4) is 0 Å². The lowest BCUT2D eigenvalue weighted by atomic mass is 9.95. The SMILES string of the molecule is CNC(=O)CC(C)N(C)C(=O)c1cccc2c3c([nH]c12)CCCC3. The Kier molecular flexibility index (Phi) is 4.60. The Morgan fingerprint density at radius 2 is 2.04 bits per heavy atom. The van der Waals surface area contributed by atoms with E-state index in [4.69, 9.17) is 0 Å². The van der Waals surface area contributed by atoms with Gasteiger partial charge in [0.2, 0.25) is 5.91 Å². The number of hydrogen-bond donors (Lipinski definition) is 2. The number of amides is 2. The second kappa shape index (κ2) is 6.67. The molecule has 0 saturated heterocycles. The molecule has 1 aliphatic rings. The van der Waals surface area contributed by atoms with Crippen LogP contribution in [0.1, 0.15) is 47.8 Å². The number of nitrogens with one attached hydrogen (secondary N) is 2. The monoisotopic (exact) mass is 327 g/mol. The fourth-order valence-corrected chi connectivity index (χ4v) is 3.51. The van der Waals surface area contributed by atoms with Crippen molar-refractivity contribution in [2.45, 2.75) is 45.1 Å². The number of aromatic amines is 1. The van der Waals surface area contributed by atoms with Gasteiger partial charge in [0, 0.05) is 37.6 Å². The van der Waals surface area contributed by atoms with Crippen LogP contribution in [0.5, 0.6) is 0 Å². The van der Waals surface area contributed by atoms with Crippen molar-refractivity contribution in [3.8, 4) is 0 Å². The van der Waals surface area contributed by atoms with Crippen LogP contribution in [0.15, 0.2) is 18.2 Å². The first-order chi connectivity index (χ1) is 11.5. The number of hydrogen-bond acceptors (Lipinski definition) is 2. The van der Waals surface area contributed by atoms with Crippen molar-refractivity contribution in [2.75, 3.05) is 14.1 Å². The molecule has 1 unspecified atom stereocenters. The molecule has 128 valence electrons. The summed E-state index contributed by atoms with van der Waals surface area (Å²) in [4.78, 5) is 29.7. The Hall–Kier alpha value is -2.30.